The molecule has 0 unspecified atom stereocenters. The first-order chi connectivity index (χ1) is 13.0. The standard InChI is InChI=1S/C22H29N3O2/c1-5-23(6-2)19-13-15-21(16-14-19)25(18(4)26)17-22(27)24(7-3)20-11-9-8-10-12-20/h8-16H,5-7,17H2,1-4H3. The summed E-state index contributed by atoms with van der Waals surface area (Å²) < 4.78 is 0. The summed E-state index contributed by atoms with van der Waals surface area (Å²) in [7, 11) is 0. The second kappa shape index (κ2) is 9.76. The monoisotopic (exact) mass is 367 g/mol. The third-order valence-corrected chi connectivity index (χ3v) is 4.65. The Bertz CT molecular complexity index is 740. The van der Waals surface area contributed by atoms with Crippen LogP contribution < -0.4 is 14.7 Å². The molecule has 0 saturated heterocycles. The number of likely N-dealkylation sites (N-methyl/N-ethyl adjacent to an activating group) is 1. The van der Waals surface area contributed by atoms with Gasteiger partial charge in [-0.05, 0) is 57.2 Å². The third-order valence-electron chi connectivity index (χ3n) is 4.65. The summed E-state index contributed by atoms with van der Waals surface area (Å²) in [4.78, 5) is 30.5. The number of nitrogens with zero attached hydrogens (tertiary/aromatic N) is 3. The summed E-state index contributed by atoms with van der Waals surface area (Å²) in [5, 5.41) is 0. The van der Waals surface area contributed by atoms with Gasteiger partial charge < -0.3 is 14.7 Å². The highest BCUT2D eigenvalue weighted by atomic mass is 16.2. The van der Waals surface area contributed by atoms with E-state index in [0.29, 0.717) is 6.54 Å². The van der Waals surface area contributed by atoms with Gasteiger partial charge in [0.25, 0.3) is 0 Å². The Hall–Kier alpha value is -2.82. The van der Waals surface area contributed by atoms with Crippen molar-refractivity contribution in [2.75, 3.05) is 40.9 Å². The average Bonchev–Trinajstić information content (AvgIpc) is 2.69. The number of hydrogen-bond donors (Lipinski definition) is 0. The van der Waals surface area contributed by atoms with Crippen LogP contribution in [0.1, 0.15) is 27.7 Å². The molecule has 5 heteroatoms. The van der Waals surface area contributed by atoms with Crippen molar-refractivity contribution >= 4 is 28.9 Å². The number of para-hydroxylation sites is 1. The lowest BCUT2D eigenvalue weighted by Gasteiger charge is -2.27. The quantitative estimate of drug-likeness (QED) is 0.710. The summed E-state index contributed by atoms with van der Waals surface area (Å²) in [6.45, 7) is 10.1. The van der Waals surface area contributed by atoms with Crippen LogP contribution in [0.5, 0.6) is 0 Å². The molecule has 5 nitrogen and oxygen atoms in total. The molecule has 0 N–H and O–H groups in total. The maximum absolute atomic E-state index is 12.9. The van der Waals surface area contributed by atoms with Crippen molar-refractivity contribution in [3.05, 3.63) is 54.6 Å². The highest BCUT2D eigenvalue weighted by Crippen LogP contribution is 2.22. The van der Waals surface area contributed by atoms with Crippen molar-refractivity contribution in [2.45, 2.75) is 27.7 Å². The second-order valence-corrected chi connectivity index (χ2v) is 6.27. The van der Waals surface area contributed by atoms with Gasteiger partial charge in [0, 0.05) is 43.6 Å². The van der Waals surface area contributed by atoms with Gasteiger partial charge in [-0.25, -0.2) is 0 Å². The van der Waals surface area contributed by atoms with Crippen molar-refractivity contribution in [3.63, 3.8) is 0 Å². The molecular formula is C22H29N3O2. The normalized spacial score (nSPS) is 10.4. The van der Waals surface area contributed by atoms with Crippen LogP contribution in [0, 0.1) is 0 Å². The van der Waals surface area contributed by atoms with Gasteiger partial charge in [0.1, 0.15) is 6.54 Å². The SMILES string of the molecule is CCN(CC)c1ccc(N(CC(=O)N(CC)c2ccccc2)C(C)=O)cc1. The Morgan fingerprint density at radius 2 is 1.22 bits per heavy atom. The molecule has 0 radical (unpaired) electrons. The Morgan fingerprint density at radius 3 is 1.70 bits per heavy atom. The van der Waals surface area contributed by atoms with E-state index in [1.807, 2.05) is 61.5 Å². The molecule has 0 spiro atoms. The van der Waals surface area contributed by atoms with E-state index in [0.717, 1.165) is 30.2 Å². The molecule has 2 amide bonds. The van der Waals surface area contributed by atoms with Crippen molar-refractivity contribution in [3.8, 4) is 0 Å². The minimum Gasteiger partial charge on any atom is -0.372 e. The Balaban J connectivity index is 2.20. The highest BCUT2D eigenvalue weighted by molar-refractivity contribution is 6.03. The molecule has 0 saturated carbocycles. The van der Waals surface area contributed by atoms with E-state index in [4.69, 9.17) is 0 Å². The van der Waals surface area contributed by atoms with Gasteiger partial charge in [-0.15, -0.1) is 0 Å². The van der Waals surface area contributed by atoms with Crippen molar-refractivity contribution in [2.24, 2.45) is 0 Å². The van der Waals surface area contributed by atoms with Crippen molar-refractivity contribution in [1.82, 2.24) is 0 Å². The molecule has 2 aromatic carbocycles. The van der Waals surface area contributed by atoms with Crippen molar-refractivity contribution in [1.29, 1.82) is 0 Å². The Kier molecular flexibility index (Phi) is 7.41. The van der Waals surface area contributed by atoms with E-state index in [1.54, 1.807) is 4.90 Å². The van der Waals surface area contributed by atoms with Gasteiger partial charge >= 0.3 is 0 Å². The fraction of sp³-hybridized carbons (Fsp3) is 0.364. The van der Waals surface area contributed by atoms with Crippen LogP contribution in [-0.4, -0.2) is 38.0 Å². The number of carbonyl (C=O) groups is 2. The van der Waals surface area contributed by atoms with E-state index < -0.39 is 0 Å². The molecule has 0 bridgehead atoms. The molecule has 27 heavy (non-hydrogen) atoms. The fourth-order valence-corrected chi connectivity index (χ4v) is 3.15. The van der Waals surface area contributed by atoms with Crippen LogP contribution in [-0.2, 0) is 9.59 Å². The molecule has 0 aliphatic heterocycles. The van der Waals surface area contributed by atoms with E-state index in [1.165, 1.54) is 11.8 Å². The zero-order valence-corrected chi connectivity index (χ0v) is 16.7. The number of rotatable bonds is 8. The lowest BCUT2D eigenvalue weighted by Crippen LogP contribution is -2.42. The van der Waals surface area contributed by atoms with Gasteiger partial charge in [0.2, 0.25) is 11.8 Å². The zero-order chi connectivity index (χ0) is 19.8. The minimum atomic E-state index is -0.150. The molecule has 2 rings (SSSR count). The van der Waals surface area contributed by atoms with E-state index in [2.05, 4.69) is 18.7 Å². The summed E-state index contributed by atoms with van der Waals surface area (Å²) in [6, 6.07) is 17.3. The minimum absolute atomic E-state index is 0.0166. The maximum atomic E-state index is 12.9. The fourth-order valence-electron chi connectivity index (χ4n) is 3.15. The molecule has 2 aromatic rings. The third kappa shape index (κ3) is 5.09. The molecule has 0 heterocycles. The van der Waals surface area contributed by atoms with Gasteiger partial charge in [0.15, 0.2) is 0 Å². The average molecular weight is 367 g/mol. The van der Waals surface area contributed by atoms with Crippen LogP contribution in [0.25, 0.3) is 0 Å². The van der Waals surface area contributed by atoms with E-state index >= 15 is 0 Å². The van der Waals surface area contributed by atoms with Gasteiger partial charge in [0.05, 0.1) is 0 Å². The van der Waals surface area contributed by atoms with Crippen LogP contribution in [0.3, 0.4) is 0 Å². The maximum Gasteiger partial charge on any atom is 0.247 e. The lowest BCUT2D eigenvalue weighted by atomic mass is 10.2. The summed E-state index contributed by atoms with van der Waals surface area (Å²) in [5.74, 6) is -0.255. The largest absolute Gasteiger partial charge is 0.372 e. The van der Waals surface area contributed by atoms with Gasteiger partial charge in [-0.1, -0.05) is 18.2 Å². The predicted molar refractivity (Wildman–Crippen MR) is 112 cm³/mol. The summed E-state index contributed by atoms with van der Waals surface area (Å²) in [5.41, 5.74) is 2.68. The molecule has 0 aliphatic carbocycles. The van der Waals surface area contributed by atoms with Crippen LogP contribution in [0.15, 0.2) is 54.6 Å². The highest BCUT2D eigenvalue weighted by Gasteiger charge is 2.21. The number of carbonyl (C=O) groups excluding carboxylic acids is 2. The zero-order valence-electron chi connectivity index (χ0n) is 16.7. The van der Waals surface area contributed by atoms with Crippen LogP contribution >= 0.6 is 0 Å². The molecule has 0 atom stereocenters. The molecular weight excluding hydrogens is 338 g/mol. The smallest absolute Gasteiger partial charge is 0.247 e. The predicted octanol–water partition coefficient (Wildman–Crippen LogP) is 3.94. The van der Waals surface area contributed by atoms with Gasteiger partial charge in [-0.3, -0.25) is 9.59 Å². The summed E-state index contributed by atoms with van der Waals surface area (Å²) >= 11 is 0. The molecule has 144 valence electrons. The number of hydrogen-bond acceptors (Lipinski definition) is 3. The Labute approximate surface area is 162 Å². The topological polar surface area (TPSA) is 43.9 Å². The first-order valence-corrected chi connectivity index (χ1v) is 9.50. The number of amides is 2. The first kappa shape index (κ1) is 20.5. The summed E-state index contributed by atoms with van der Waals surface area (Å²) in [6.07, 6.45) is 0. The molecule has 0 fully saturated rings. The second-order valence-electron chi connectivity index (χ2n) is 6.27. The van der Waals surface area contributed by atoms with E-state index in [-0.39, 0.29) is 18.4 Å². The van der Waals surface area contributed by atoms with Gasteiger partial charge in [-0.2, -0.15) is 0 Å². The van der Waals surface area contributed by atoms with Crippen LogP contribution in [0.2, 0.25) is 0 Å². The van der Waals surface area contributed by atoms with E-state index in [9.17, 15) is 9.59 Å². The van der Waals surface area contributed by atoms with Crippen molar-refractivity contribution < 1.29 is 9.59 Å². The molecule has 0 aliphatic rings. The molecule has 0 aromatic heterocycles. The number of benzene rings is 2. The lowest BCUT2D eigenvalue weighted by molar-refractivity contribution is -0.121. The Morgan fingerprint density at radius 1 is 0.704 bits per heavy atom. The number of anilines is 3. The van der Waals surface area contributed by atoms with Crippen LogP contribution in [0.4, 0.5) is 17.1 Å². The first-order valence-electron chi connectivity index (χ1n) is 9.50.